The number of guanidine groups is 1. The summed E-state index contributed by atoms with van der Waals surface area (Å²) in [6, 6.07) is 5.85. The first-order chi connectivity index (χ1) is 7.63. The monoisotopic (exact) mass is 305 g/mol. The van der Waals surface area contributed by atoms with Gasteiger partial charge in [0, 0.05) is 22.4 Å². The fourth-order valence-corrected chi connectivity index (χ4v) is 2.14. The van der Waals surface area contributed by atoms with Crippen molar-refractivity contribution in [3.8, 4) is 0 Å². The summed E-state index contributed by atoms with van der Waals surface area (Å²) in [5.74, 6) is 0.542. The maximum Gasteiger partial charge on any atom is 0.186 e. The van der Waals surface area contributed by atoms with E-state index < -0.39 is 0 Å². The molecule has 0 spiro atoms. The number of nitrogens with two attached hydrogens (primary N) is 2. The molecular weight excluding hydrogens is 293 g/mol. The van der Waals surface area contributed by atoms with Crippen molar-refractivity contribution in [2.45, 2.75) is 13.0 Å². The van der Waals surface area contributed by atoms with Gasteiger partial charge >= 0.3 is 0 Å². The van der Waals surface area contributed by atoms with Gasteiger partial charge in [-0.15, -0.1) is 0 Å². The van der Waals surface area contributed by atoms with Gasteiger partial charge in [-0.3, -0.25) is 0 Å². The maximum absolute atomic E-state index is 12.0. The number of hydrogen-bond acceptors (Lipinski definition) is 2. The minimum absolute atomic E-state index is 0.0778. The van der Waals surface area contributed by atoms with Crippen molar-refractivity contribution in [3.05, 3.63) is 33.8 Å². The largest absolute Gasteiger partial charge is 0.370 e. The average molecular weight is 306 g/mol. The summed E-state index contributed by atoms with van der Waals surface area (Å²) in [7, 11) is 0. The molecule has 1 aromatic rings. The van der Waals surface area contributed by atoms with Crippen LogP contribution in [-0.2, 0) is 13.0 Å². The molecule has 6 heteroatoms. The molecule has 4 N–H and O–H groups in total. The molecule has 0 aliphatic carbocycles. The van der Waals surface area contributed by atoms with Gasteiger partial charge in [-0.05, 0) is 23.6 Å². The highest BCUT2D eigenvalue weighted by Crippen LogP contribution is 2.21. The quantitative estimate of drug-likeness (QED) is 0.648. The van der Waals surface area contributed by atoms with Crippen molar-refractivity contribution >= 4 is 34.0 Å². The van der Waals surface area contributed by atoms with Gasteiger partial charge in [-0.25, -0.2) is 4.99 Å². The van der Waals surface area contributed by atoms with Crippen LogP contribution in [0.25, 0.3) is 0 Å². The molecule has 0 aromatic heterocycles. The number of rotatable bonds is 5. The number of benzene rings is 1. The summed E-state index contributed by atoms with van der Waals surface area (Å²) < 4.78 is 12.9. The van der Waals surface area contributed by atoms with E-state index >= 15 is 0 Å². The summed E-state index contributed by atoms with van der Waals surface area (Å²) in [6.07, 6.45) is 0.699. The third-order valence-corrected chi connectivity index (χ3v) is 3.11. The Labute approximate surface area is 107 Å². The van der Waals surface area contributed by atoms with Gasteiger partial charge in [0.1, 0.15) is 0 Å². The summed E-state index contributed by atoms with van der Waals surface area (Å²) in [5.41, 5.74) is 12.6. The van der Waals surface area contributed by atoms with Crippen molar-refractivity contribution in [2.24, 2.45) is 16.5 Å². The van der Waals surface area contributed by atoms with Gasteiger partial charge in [0.15, 0.2) is 5.96 Å². The highest BCUT2D eigenvalue weighted by Gasteiger charge is 2.01. The molecule has 0 heterocycles. The fourth-order valence-electron chi connectivity index (χ4n) is 1.22. The molecule has 0 saturated carbocycles. The number of nitrogens with zero attached hydrogens (tertiary/aromatic N) is 1. The van der Waals surface area contributed by atoms with Crippen LogP contribution in [0.2, 0.25) is 0 Å². The van der Waals surface area contributed by atoms with Crippen LogP contribution in [0.15, 0.2) is 27.7 Å². The molecule has 3 nitrogen and oxygen atoms in total. The Hall–Kier alpha value is -0.750. The second-order valence-electron chi connectivity index (χ2n) is 3.23. The lowest BCUT2D eigenvalue weighted by Crippen LogP contribution is -2.22. The van der Waals surface area contributed by atoms with E-state index in [-0.39, 0.29) is 5.96 Å². The van der Waals surface area contributed by atoms with Crippen LogP contribution in [-0.4, -0.2) is 11.7 Å². The van der Waals surface area contributed by atoms with E-state index in [0.717, 1.165) is 15.6 Å². The Balaban J connectivity index is 2.70. The van der Waals surface area contributed by atoms with Crippen molar-refractivity contribution in [1.82, 2.24) is 0 Å². The molecule has 0 unspecified atom stereocenters. The van der Waals surface area contributed by atoms with Crippen LogP contribution in [0.3, 0.4) is 0 Å². The zero-order valence-electron chi connectivity index (χ0n) is 8.62. The molecule has 0 aliphatic rings. The molecule has 0 fully saturated rings. The van der Waals surface area contributed by atoms with Gasteiger partial charge < -0.3 is 11.5 Å². The summed E-state index contributed by atoms with van der Waals surface area (Å²) >= 11 is 3.79. The van der Waals surface area contributed by atoms with Crippen LogP contribution in [0.4, 0.5) is 3.89 Å². The smallest absolute Gasteiger partial charge is 0.186 e. The number of aryl methyl sites for hydroxylation is 1. The molecule has 0 atom stereocenters. The van der Waals surface area contributed by atoms with E-state index in [1.54, 1.807) is 0 Å². The van der Waals surface area contributed by atoms with E-state index in [0.29, 0.717) is 30.9 Å². The van der Waals surface area contributed by atoms with E-state index in [2.05, 4.69) is 20.9 Å². The number of hydrogen-bond donors (Lipinski definition) is 2. The van der Waals surface area contributed by atoms with Crippen LogP contribution >= 0.6 is 28.1 Å². The highest BCUT2D eigenvalue weighted by atomic mass is 79.9. The minimum atomic E-state index is 0.0778. The predicted octanol–water partition coefficient (Wildman–Crippen LogP) is 2.38. The fraction of sp³-hybridized carbons (Fsp3) is 0.300. The Morgan fingerprint density at radius 2 is 2.19 bits per heavy atom. The Morgan fingerprint density at radius 3 is 2.75 bits per heavy atom. The Morgan fingerprint density at radius 1 is 1.44 bits per heavy atom. The standard InChI is InChI=1S/C10H13BrFN3S/c11-9-5-7(6-15-10(13)14)1-2-8(9)3-4-16-12/h1-2,5H,3-4,6H2,(H4,13,14,15). The highest BCUT2D eigenvalue weighted by molar-refractivity contribution is 9.10. The normalized spacial score (nSPS) is 10.1. The SMILES string of the molecule is NC(N)=NCc1ccc(CCSF)c(Br)c1. The lowest BCUT2D eigenvalue weighted by molar-refractivity contribution is 0.926. The second kappa shape index (κ2) is 6.75. The minimum Gasteiger partial charge on any atom is -0.370 e. The van der Waals surface area contributed by atoms with E-state index in [9.17, 15) is 3.89 Å². The lowest BCUT2D eigenvalue weighted by atomic mass is 10.1. The molecule has 0 aliphatic heterocycles. The maximum atomic E-state index is 12.0. The lowest BCUT2D eigenvalue weighted by Gasteiger charge is -2.05. The van der Waals surface area contributed by atoms with Gasteiger partial charge in [0.25, 0.3) is 0 Å². The van der Waals surface area contributed by atoms with Gasteiger partial charge in [-0.1, -0.05) is 28.1 Å². The molecule has 88 valence electrons. The molecule has 0 radical (unpaired) electrons. The van der Waals surface area contributed by atoms with Crippen molar-refractivity contribution < 1.29 is 3.89 Å². The molecular formula is C10H13BrFN3S. The number of halogens is 2. The van der Waals surface area contributed by atoms with Crippen LogP contribution in [0.5, 0.6) is 0 Å². The first kappa shape index (κ1) is 13.3. The summed E-state index contributed by atoms with van der Waals surface area (Å²) in [5, 5.41) is 0. The van der Waals surface area contributed by atoms with Gasteiger partial charge in [0.2, 0.25) is 0 Å². The van der Waals surface area contributed by atoms with Gasteiger partial charge in [-0.2, -0.15) is 3.89 Å². The average Bonchev–Trinajstić information content (AvgIpc) is 2.25. The Kier molecular flexibility index (Phi) is 5.62. The molecule has 16 heavy (non-hydrogen) atoms. The third-order valence-electron chi connectivity index (χ3n) is 2.01. The summed E-state index contributed by atoms with van der Waals surface area (Å²) in [4.78, 5) is 3.92. The summed E-state index contributed by atoms with van der Waals surface area (Å²) in [6.45, 7) is 0.457. The van der Waals surface area contributed by atoms with Crippen molar-refractivity contribution in [3.63, 3.8) is 0 Å². The second-order valence-corrected chi connectivity index (χ2v) is 4.71. The van der Waals surface area contributed by atoms with Crippen LogP contribution < -0.4 is 11.5 Å². The molecule has 1 aromatic carbocycles. The van der Waals surface area contributed by atoms with Crippen LogP contribution in [0, 0.1) is 0 Å². The third kappa shape index (κ3) is 4.40. The molecule has 1 rings (SSSR count). The van der Waals surface area contributed by atoms with Gasteiger partial charge in [0.05, 0.1) is 6.54 Å². The van der Waals surface area contributed by atoms with E-state index in [1.807, 2.05) is 18.2 Å². The van der Waals surface area contributed by atoms with Crippen molar-refractivity contribution in [2.75, 3.05) is 5.75 Å². The van der Waals surface area contributed by atoms with Crippen molar-refractivity contribution in [1.29, 1.82) is 0 Å². The number of aliphatic imine (C=N–C) groups is 1. The zero-order chi connectivity index (χ0) is 12.0. The van der Waals surface area contributed by atoms with E-state index in [1.165, 1.54) is 0 Å². The first-order valence-electron chi connectivity index (χ1n) is 4.69. The van der Waals surface area contributed by atoms with E-state index in [4.69, 9.17) is 11.5 Å². The first-order valence-corrected chi connectivity index (χ1v) is 6.37. The molecule has 0 amide bonds. The molecule has 0 bridgehead atoms. The Bertz CT molecular complexity index is 380. The molecule has 0 saturated heterocycles. The zero-order valence-corrected chi connectivity index (χ0v) is 11.0. The predicted molar refractivity (Wildman–Crippen MR) is 70.9 cm³/mol. The topological polar surface area (TPSA) is 64.4 Å². The van der Waals surface area contributed by atoms with Crippen LogP contribution in [0.1, 0.15) is 11.1 Å².